The molecular weight excluding hydrogens is 314 g/mol. The van der Waals surface area contributed by atoms with Gasteiger partial charge >= 0.3 is 0 Å². The molecule has 0 saturated heterocycles. The summed E-state index contributed by atoms with van der Waals surface area (Å²) in [4.78, 5) is 8.39. The lowest BCUT2D eigenvalue weighted by atomic mass is 10.2. The Morgan fingerprint density at radius 1 is 1.53 bits per heavy atom. The summed E-state index contributed by atoms with van der Waals surface area (Å²) in [5, 5.41) is 17.8. The van der Waals surface area contributed by atoms with Crippen molar-refractivity contribution >= 4 is 32.8 Å². The van der Waals surface area contributed by atoms with E-state index in [1.165, 1.54) is 6.33 Å². The van der Waals surface area contributed by atoms with Crippen LogP contribution >= 0.6 is 15.9 Å². The van der Waals surface area contributed by atoms with Crippen LogP contribution in [-0.4, -0.2) is 51.2 Å². The highest BCUT2D eigenvalue weighted by Gasteiger charge is 2.13. The summed E-state index contributed by atoms with van der Waals surface area (Å²) in [7, 11) is 3.39. The van der Waals surface area contributed by atoms with E-state index in [-0.39, 0.29) is 0 Å². The highest BCUT2D eigenvalue weighted by Crippen LogP contribution is 2.26. The summed E-state index contributed by atoms with van der Waals surface area (Å²) in [6, 6.07) is 0. The minimum atomic E-state index is -0.479. The van der Waals surface area contributed by atoms with Gasteiger partial charge in [-0.2, -0.15) is 5.10 Å². The van der Waals surface area contributed by atoms with Crippen molar-refractivity contribution in [3.05, 3.63) is 10.9 Å². The van der Waals surface area contributed by atoms with Gasteiger partial charge < -0.3 is 15.2 Å². The topological polar surface area (TPSA) is 85.1 Å². The molecule has 0 radical (unpaired) electrons. The maximum absolute atomic E-state index is 9.58. The zero-order valence-corrected chi connectivity index (χ0v) is 12.4. The van der Waals surface area contributed by atoms with Crippen molar-refractivity contribution in [1.82, 2.24) is 19.7 Å². The first-order valence-corrected chi connectivity index (χ1v) is 6.67. The SMILES string of the molecule is COCC(O)CCNc1ncnc2c1c(Br)nn2C. The number of hydrogen-bond acceptors (Lipinski definition) is 6. The number of fused-ring (bicyclic) bond motifs is 1. The summed E-state index contributed by atoms with van der Waals surface area (Å²) < 4.78 is 7.26. The van der Waals surface area contributed by atoms with Crippen LogP contribution < -0.4 is 5.32 Å². The van der Waals surface area contributed by atoms with E-state index in [0.717, 1.165) is 11.0 Å². The number of halogens is 1. The molecular formula is C11H16BrN5O2. The van der Waals surface area contributed by atoms with Crippen LogP contribution in [0.15, 0.2) is 10.9 Å². The van der Waals surface area contributed by atoms with E-state index in [1.807, 2.05) is 7.05 Å². The van der Waals surface area contributed by atoms with Crippen molar-refractivity contribution in [3.8, 4) is 0 Å². The number of aromatic nitrogens is 4. The van der Waals surface area contributed by atoms with E-state index in [2.05, 4.69) is 36.3 Å². The molecule has 1 atom stereocenters. The van der Waals surface area contributed by atoms with Gasteiger partial charge in [0.1, 0.15) is 16.7 Å². The first-order chi connectivity index (χ1) is 9.13. The molecule has 104 valence electrons. The Morgan fingerprint density at radius 2 is 2.32 bits per heavy atom. The van der Waals surface area contributed by atoms with Gasteiger partial charge in [0, 0.05) is 20.7 Å². The first kappa shape index (κ1) is 14.2. The second-order valence-corrected chi connectivity index (χ2v) is 4.91. The van der Waals surface area contributed by atoms with Gasteiger partial charge in [0.25, 0.3) is 0 Å². The van der Waals surface area contributed by atoms with Crippen LogP contribution in [0.2, 0.25) is 0 Å². The Kier molecular flexibility index (Phi) is 4.67. The number of hydrogen-bond donors (Lipinski definition) is 2. The molecule has 2 heterocycles. The maximum Gasteiger partial charge on any atom is 0.164 e. The van der Waals surface area contributed by atoms with Gasteiger partial charge in [0.05, 0.1) is 18.1 Å². The fraction of sp³-hybridized carbons (Fsp3) is 0.545. The van der Waals surface area contributed by atoms with E-state index in [4.69, 9.17) is 4.74 Å². The first-order valence-electron chi connectivity index (χ1n) is 5.87. The van der Waals surface area contributed by atoms with E-state index >= 15 is 0 Å². The molecule has 2 aromatic heterocycles. The van der Waals surface area contributed by atoms with Crippen LogP contribution in [0.5, 0.6) is 0 Å². The number of methoxy groups -OCH3 is 1. The van der Waals surface area contributed by atoms with E-state index in [9.17, 15) is 5.11 Å². The number of aliphatic hydroxyl groups is 1. The van der Waals surface area contributed by atoms with E-state index < -0.39 is 6.10 Å². The van der Waals surface area contributed by atoms with Crippen LogP contribution in [0.3, 0.4) is 0 Å². The van der Waals surface area contributed by atoms with Crippen molar-refractivity contribution in [2.75, 3.05) is 25.6 Å². The normalized spacial score (nSPS) is 12.8. The Hall–Kier alpha value is -1.25. The number of nitrogens with zero attached hydrogens (tertiary/aromatic N) is 4. The standard InChI is InChI=1S/C11H16BrN5O2/c1-17-11-8(9(12)16-17)10(14-6-15-11)13-4-3-7(18)5-19-2/h6-7,18H,3-5H2,1-2H3,(H,13,14,15). The van der Waals surface area contributed by atoms with E-state index in [1.54, 1.807) is 11.8 Å². The lowest BCUT2D eigenvalue weighted by molar-refractivity contribution is 0.0615. The number of aliphatic hydroxyl groups excluding tert-OH is 1. The van der Waals surface area contributed by atoms with Gasteiger partial charge in [-0.1, -0.05) is 0 Å². The van der Waals surface area contributed by atoms with Crippen molar-refractivity contribution in [1.29, 1.82) is 0 Å². The molecule has 2 rings (SSSR count). The quantitative estimate of drug-likeness (QED) is 0.820. The van der Waals surface area contributed by atoms with Gasteiger partial charge in [-0.15, -0.1) is 0 Å². The molecule has 0 fully saturated rings. The minimum Gasteiger partial charge on any atom is -0.391 e. The summed E-state index contributed by atoms with van der Waals surface area (Å²) in [5.74, 6) is 0.703. The molecule has 19 heavy (non-hydrogen) atoms. The Labute approximate surface area is 119 Å². The molecule has 0 aromatic carbocycles. The maximum atomic E-state index is 9.58. The molecule has 7 nitrogen and oxygen atoms in total. The number of rotatable bonds is 6. The van der Waals surface area contributed by atoms with Crippen molar-refractivity contribution < 1.29 is 9.84 Å². The van der Waals surface area contributed by atoms with Gasteiger partial charge in [-0.25, -0.2) is 14.6 Å². The predicted octanol–water partition coefficient (Wildman–Crippen LogP) is 0.935. The number of ether oxygens (including phenoxy) is 1. The summed E-state index contributed by atoms with van der Waals surface area (Å²) in [6.07, 6.45) is 1.59. The molecule has 0 bridgehead atoms. The van der Waals surface area contributed by atoms with Crippen molar-refractivity contribution in [3.63, 3.8) is 0 Å². The third-order valence-electron chi connectivity index (χ3n) is 2.71. The second-order valence-electron chi connectivity index (χ2n) is 4.16. The highest BCUT2D eigenvalue weighted by atomic mass is 79.9. The summed E-state index contributed by atoms with van der Waals surface area (Å²) >= 11 is 3.39. The average molecular weight is 330 g/mol. The zero-order valence-electron chi connectivity index (χ0n) is 10.8. The monoisotopic (exact) mass is 329 g/mol. The number of anilines is 1. The van der Waals surface area contributed by atoms with Crippen molar-refractivity contribution in [2.45, 2.75) is 12.5 Å². The molecule has 0 aliphatic heterocycles. The largest absolute Gasteiger partial charge is 0.391 e. The molecule has 0 saturated carbocycles. The molecule has 0 aliphatic rings. The third-order valence-corrected chi connectivity index (χ3v) is 3.26. The molecule has 1 unspecified atom stereocenters. The van der Waals surface area contributed by atoms with Crippen LogP contribution in [0.1, 0.15) is 6.42 Å². The fourth-order valence-corrected chi connectivity index (χ4v) is 2.41. The van der Waals surface area contributed by atoms with E-state index in [0.29, 0.717) is 30.0 Å². The third kappa shape index (κ3) is 3.20. The number of aryl methyl sites for hydroxylation is 1. The van der Waals surface area contributed by atoms with Crippen LogP contribution in [0.4, 0.5) is 5.82 Å². The molecule has 2 N–H and O–H groups in total. The van der Waals surface area contributed by atoms with Crippen LogP contribution in [-0.2, 0) is 11.8 Å². The second kappa shape index (κ2) is 6.27. The van der Waals surface area contributed by atoms with Crippen molar-refractivity contribution in [2.24, 2.45) is 7.05 Å². The Morgan fingerprint density at radius 3 is 3.05 bits per heavy atom. The van der Waals surface area contributed by atoms with Crippen LogP contribution in [0, 0.1) is 0 Å². The molecule has 0 spiro atoms. The highest BCUT2D eigenvalue weighted by molar-refractivity contribution is 9.10. The van der Waals surface area contributed by atoms with Crippen LogP contribution in [0.25, 0.3) is 11.0 Å². The van der Waals surface area contributed by atoms with Gasteiger partial charge in [-0.05, 0) is 22.4 Å². The summed E-state index contributed by atoms with van der Waals surface area (Å²) in [5.41, 5.74) is 0.752. The molecule has 8 heteroatoms. The minimum absolute atomic E-state index is 0.331. The fourth-order valence-electron chi connectivity index (χ4n) is 1.81. The molecule has 2 aromatic rings. The van der Waals surface area contributed by atoms with Gasteiger partial charge in [0.2, 0.25) is 0 Å². The lowest BCUT2D eigenvalue weighted by Crippen LogP contribution is -2.18. The lowest BCUT2D eigenvalue weighted by Gasteiger charge is -2.10. The number of nitrogens with one attached hydrogen (secondary N) is 1. The Bertz CT molecular complexity index is 559. The molecule has 0 aliphatic carbocycles. The zero-order chi connectivity index (χ0) is 13.8. The van der Waals surface area contributed by atoms with Gasteiger partial charge in [0.15, 0.2) is 5.65 Å². The Balaban J connectivity index is 2.09. The summed E-state index contributed by atoms with van der Waals surface area (Å²) in [6.45, 7) is 0.926. The average Bonchev–Trinajstić information content (AvgIpc) is 2.66. The smallest absolute Gasteiger partial charge is 0.164 e. The predicted molar refractivity (Wildman–Crippen MR) is 75.0 cm³/mol. The van der Waals surface area contributed by atoms with Gasteiger partial charge in [-0.3, -0.25) is 0 Å². The molecule has 0 amide bonds.